The molecule has 1 aromatic rings. The lowest BCUT2D eigenvalue weighted by atomic mass is 10.0. The van der Waals surface area contributed by atoms with Crippen LogP contribution in [0, 0.1) is 0 Å². The molecule has 1 saturated heterocycles. The zero-order valence-corrected chi connectivity index (χ0v) is 13.8. The van der Waals surface area contributed by atoms with E-state index in [-0.39, 0.29) is 0 Å². The summed E-state index contributed by atoms with van der Waals surface area (Å²) in [6, 6.07) is 7.46. The molecule has 3 rings (SSSR count). The molecular weight excluding hydrogens is 316 g/mol. The van der Waals surface area contributed by atoms with Crippen molar-refractivity contribution in [2.45, 2.75) is 19.4 Å². The van der Waals surface area contributed by atoms with Gasteiger partial charge in [0.15, 0.2) is 0 Å². The van der Waals surface area contributed by atoms with Crippen molar-refractivity contribution in [3.05, 3.63) is 35.4 Å². The van der Waals surface area contributed by atoms with E-state index in [0.29, 0.717) is 45.7 Å². The van der Waals surface area contributed by atoms with Gasteiger partial charge in [0.05, 0.1) is 0 Å². The van der Waals surface area contributed by atoms with Gasteiger partial charge in [-0.2, -0.15) is 17.0 Å². The monoisotopic (exact) mass is 338 g/mol. The van der Waals surface area contributed by atoms with Gasteiger partial charge in [0.25, 0.3) is 10.2 Å². The predicted octanol–water partition coefficient (Wildman–Crippen LogP) is 0.376. The first kappa shape index (κ1) is 16.2. The number of hydrogen-bond acceptors (Lipinski definition) is 3. The Hall–Kier alpha value is -1.64. The van der Waals surface area contributed by atoms with E-state index in [2.05, 4.69) is 6.07 Å². The second-order valence-corrected chi connectivity index (χ2v) is 7.87. The molecule has 0 saturated carbocycles. The number of nitrogens with zero attached hydrogens (tertiary/aromatic N) is 3. The molecule has 0 aliphatic carbocycles. The average molecular weight is 338 g/mol. The SMILES string of the molecule is NC(=O)N1CCCN(S(=O)(=O)N2CCc3ccccc3C2)CC1. The van der Waals surface area contributed by atoms with Crippen LogP contribution >= 0.6 is 0 Å². The number of primary amides is 1. The van der Waals surface area contributed by atoms with Crippen LogP contribution in [0.3, 0.4) is 0 Å². The zero-order valence-electron chi connectivity index (χ0n) is 13.0. The highest BCUT2D eigenvalue weighted by molar-refractivity contribution is 7.86. The van der Waals surface area contributed by atoms with Crippen LogP contribution in [0.15, 0.2) is 24.3 Å². The number of carbonyl (C=O) groups is 1. The molecule has 0 radical (unpaired) electrons. The van der Waals surface area contributed by atoms with Crippen molar-refractivity contribution in [1.29, 1.82) is 0 Å². The lowest BCUT2D eigenvalue weighted by Crippen LogP contribution is -2.47. The third-order valence-electron chi connectivity index (χ3n) is 4.51. The molecule has 0 spiro atoms. The van der Waals surface area contributed by atoms with Crippen LogP contribution in [0.1, 0.15) is 17.5 Å². The largest absolute Gasteiger partial charge is 0.351 e. The summed E-state index contributed by atoms with van der Waals surface area (Å²) < 4.78 is 28.8. The molecule has 7 nitrogen and oxygen atoms in total. The van der Waals surface area contributed by atoms with Gasteiger partial charge in [0.1, 0.15) is 0 Å². The first-order chi connectivity index (χ1) is 11.0. The molecular formula is C15H22N4O3S. The highest BCUT2D eigenvalue weighted by Gasteiger charge is 2.33. The number of carbonyl (C=O) groups excluding carboxylic acids is 1. The molecule has 0 bridgehead atoms. The van der Waals surface area contributed by atoms with E-state index in [1.54, 1.807) is 0 Å². The molecule has 1 fully saturated rings. The molecule has 23 heavy (non-hydrogen) atoms. The first-order valence-corrected chi connectivity index (χ1v) is 9.24. The summed E-state index contributed by atoms with van der Waals surface area (Å²) in [5.41, 5.74) is 7.58. The predicted molar refractivity (Wildman–Crippen MR) is 86.8 cm³/mol. The quantitative estimate of drug-likeness (QED) is 0.845. The number of nitrogens with two attached hydrogens (primary N) is 1. The van der Waals surface area contributed by atoms with Gasteiger partial charge >= 0.3 is 6.03 Å². The Morgan fingerprint density at radius 1 is 0.957 bits per heavy atom. The van der Waals surface area contributed by atoms with Crippen LogP contribution in [0.25, 0.3) is 0 Å². The van der Waals surface area contributed by atoms with Gasteiger partial charge in [-0.05, 0) is 24.0 Å². The summed E-state index contributed by atoms with van der Waals surface area (Å²) in [7, 11) is -3.51. The van der Waals surface area contributed by atoms with Crippen molar-refractivity contribution >= 4 is 16.2 Å². The fraction of sp³-hybridized carbons (Fsp3) is 0.533. The normalized spacial score (nSPS) is 20.8. The van der Waals surface area contributed by atoms with Gasteiger partial charge in [-0.1, -0.05) is 24.3 Å². The van der Waals surface area contributed by atoms with E-state index in [4.69, 9.17) is 5.73 Å². The van der Waals surface area contributed by atoms with E-state index in [9.17, 15) is 13.2 Å². The van der Waals surface area contributed by atoms with Crippen LogP contribution in [0.5, 0.6) is 0 Å². The Bertz CT molecular complexity index is 692. The van der Waals surface area contributed by atoms with Crippen LogP contribution in [0.4, 0.5) is 4.79 Å². The summed E-state index contributed by atoms with van der Waals surface area (Å²) >= 11 is 0. The molecule has 0 atom stereocenters. The fourth-order valence-corrected chi connectivity index (χ4v) is 4.80. The Morgan fingerprint density at radius 2 is 1.70 bits per heavy atom. The van der Waals surface area contributed by atoms with Gasteiger partial charge in [0.2, 0.25) is 0 Å². The maximum atomic E-state index is 12.9. The summed E-state index contributed by atoms with van der Waals surface area (Å²) in [5.74, 6) is 0. The maximum Gasteiger partial charge on any atom is 0.314 e. The van der Waals surface area contributed by atoms with Crippen molar-refractivity contribution < 1.29 is 13.2 Å². The van der Waals surface area contributed by atoms with E-state index in [0.717, 1.165) is 12.0 Å². The number of amides is 2. The number of fused-ring (bicyclic) bond motifs is 1. The van der Waals surface area contributed by atoms with Crippen molar-refractivity contribution in [3.63, 3.8) is 0 Å². The first-order valence-electron chi connectivity index (χ1n) is 7.85. The average Bonchev–Trinajstić information content (AvgIpc) is 2.81. The van der Waals surface area contributed by atoms with E-state index >= 15 is 0 Å². The van der Waals surface area contributed by atoms with E-state index < -0.39 is 16.2 Å². The zero-order chi connectivity index (χ0) is 16.4. The molecule has 0 aromatic heterocycles. The number of rotatable bonds is 2. The number of urea groups is 1. The molecule has 2 amide bonds. The molecule has 0 unspecified atom stereocenters. The molecule has 2 heterocycles. The Kier molecular flexibility index (Phi) is 4.56. The summed E-state index contributed by atoms with van der Waals surface area (Å²) in [6.45, 7) is 2.47. The molecule has 126 valence electrons. The fourth-order valence-electron chi connectivity index (χ4n) is 3.17. The van der Waals surface area contributed by atoms with Crippen LogP contribution in [-0.2, 0) is 23.2 Å². The summed E-state index contributed by atoms with van der Waals surface area (Å²) in [4.78, 5) is 12.8. The maximum absolute atomic E-state index is 12.9. The topological polar surface area (TPSA) is 87.0 Å². The summed E-state index contributed by atoms with van der Waals surface area (Å²) in [5, 5.41) is 0. The Labute approximate surface area is 136 Å². The van der Waals surface area contributed by atoms with Crippen molar-refractivity contribution in [3.8, 4) is 0 Å². The molecule has 8 heteroatoms. The minimum atomic E-state index is -3.51. The second-order valence-electron chi connectivity index (χ2n) is 5.94. The van der Waals surface area contributed by atoms with Crippen LogP contribution in [0.2, 0.25) is 0 Å². The lowest BCUT2D eigenvalue weighted by molar-refractivity contribution is 0.210. The van der Waals surface area contributed by atoms with E-state index in [1.165, 1.54) is 19.1 Å². The number of benzene rings is 1. The highest BCUT2D eigenvalue weighted by Crippen LogP contribution is 2.23. The summed E-state index contributed by atoms with van der Waals surface area (Å²) in [6.07, 6.45) is 1.34. The molecule has 2 N–H and O–H groups in total. The van der Waals surface area contributed by atoms with Gasteiger partial charge in [-0.15, -0.1) is 0 Å². The van der Waals surface area contributed by atoms with Crippen LogP contribution in [-0.4, -0.2) is 60.7 Å². The minimum absolute atomic E-state index is 0.295. The minimum Gasteiger partial charge on any atom is -0.351 e. The number of hydrogen-bond donors (Lipinski definition) is 1. The standard InChI is InChI=1S/C15H22N4O3S/c16-15(20)17-7-3-8-18(11-10-17)23(21,22)19-9-6-13-4-1-2-5-14(13)12-19/h1-2,4-5H,3,6-12H2,(H2,16,20). The lowest BCUT2D eigenvalue weighted by Gasteiger charge is -2.32. The van der Waals surface area contributed by atoms with Gasteiger partial charge in [0, 0.05) is 39.3 Å². The van der Waals surface area contributed by atoms with Crippen LogP contribution < -0.4 is 5.73 Å². The molecule has 1 aromatic carbocycles. The van der Waals surface area contributed by atoms with Gasteiger partial charge in [-0.3, -0.25) is 0 Å². The third-order valence-corrected chi connectivity index (χ3v) is 6.50. The van der Waals surface area contributed by atoms with Crippen molar-refractivity contribution in [2.75, 3.05) is 32.7 Å². The van der Waals surface area contributed by atoms with E-state index in [1.807, 2.05) is 18.2 Å². The molecule has 2 aliphatic heterocycles. The molecule has 2 aliphatic rings. The third kappa shape index (κ3) is 3.34. The van der Waals surface area contributed by atoms with Gasteiger partial charge in [-0.25, -0.2) is 4.79 Å². The van der Waals surface area contributed by atoms with Crippen molar-refractivity contribution in [2.24, 2.45) is 5.73 Å². The van der Waals surface area contributed by atoms with Gasteiger partial charge < -0.3 is 10.6 Å². The highest BCUT2D eigenvalue weighted by atomic mass is 32.2. The Balaban J connectivity index is 1.73. The van der Waals surface area contributed by atoms with Crippen molar-refractivity contribution in [1.82, 2.24) is 13.5 Å². The second kappa shape index (κ2) is 6.46. The Morgan fingerprint density at radius 3 is 2.43 bits per heavy atom. The smallest absolute Gasteiger partial charge is 0.314 e.